The molecule has 0 saturated carbocycles. The second-order valence-electron chi connectivity index (χ2n) is 2.64. The minimum atomic E-state index is 0.477. The third-order valence-corrected chi connectivity index (χ3v) is 1.66. The van der Waals surface area contributed by atoms with E-state index in [-0.39, 0.29) is 0 Å². The minimum Gasteiger partial charge on any atom is -0.369 e. The lowest BCUT2D eigenvalue weighted by Gasteiger charge is -1.88. The van der Waals surface area contributed by atoms with Crippen LogP contribution in [0.2, 0.25) is 0 Å². The van der Waals surface area contributed by atoms with Crippen molar-refractivity contribution in [3.05, 3.63) is 23.8 Å². The molecule has 0 spiro atoms. The van der Waals surface area contributed by atoms with Gasteiger partial charge in [0.2, 0.25) is 0 Å². The number of benzene rings is 1. The molecule has 3 N–H and O–H groups in total. The molecule has 1 aromatic carbocycles. The number of fused-ring (bicyclic) bond motifs is 1. The van der Waals surface area contributed by atoms with Crippen molar-refractivity contribution in [3.63, 3.8) is 0 Å². The molecular weight excluding hydrogens is 138 g/mol. The summed E-state index contributed by atoms with van der Waals surface area (Å²) in [4.78, 5) is 7.04. The van der Waals surface area contributed by atoms with Gasteiger partial charge in [-0.2, -0.15) is 0 Å². The van der Waals surface area contributed by atoms with E-state index in [1.54, 1.807) is 0 Å². The monoisotopic (exact) mass is 147 g/mol. The highest BCUT2D eigenvalue weighted by Crippen LogP contribution is 2.13. The first-order valence-corrected chi connectivity index (χ1v) is 3.47. The van der Waals surface area contributed by atoms with Gasteiger partial charge < -0.3 is 10.7 Å². The molecule has 1 aromatic heterocycles. The third kappa shape index (κ3) is 0.941. The zero-order chi connectivity index (χ0) is 7.84. The number of nitrogens with one attached hydrogen (secondary N) is 1. The molecule has 11 heavy (non-hydrogen) atoms. The SMILES string of the molecule is Cc1ccc2nc(N)[nH]c2c1. The highest BCUT2D eigenvalue weighted by atomic mass is 15.0. The van der Waals surface area contributed by atoms with Crippen molar-refractivity contribution in [2.24, 2.45) is 0 Å². The van der Waals surface area contributed by atoms with Crippen molar-refractivity contribution < 1.29 is 0 Å². The number of imidazole rings is 1. The Bertz CT molecular complexity index is 389. The van der Waals surface area contributed by atoms with Crippen LogP contribution in [0, 0.1) is 6.92 Å². The first-order chi connectivity index (χ1) is 5.25. The fraction of sp³-hybridized carbons (Fsp3) is 0.125. The average molecular weight is 147 g/mol. The van der Waals surface area contributed by atoms with E-state index in [4.69, 9.17) is 5.73 Å². The summed E-state index contributed by atoms with van der Waals surface area (Å²) in [5, 5.41) is 0. The van der Waals surface area contributed by atoms with E-state index in [0.717, 1.165) is 11.0 Å². The van der Waals surface area contributed by atoms with Crippen LogP contribution in [-0.4, -0.2) is 9.97 Å². The fourth-order valence-electron chi connectivity index (χ4n) is 1.14. The largest absolute Gasteiger partial charge is 0.369 e. The summed E-state index contributed by atoms with van der Waals surface area (Å²) < 4.78 is 0. The summed E-state index contributed by atoms with van der Waals surface area (Å²) in [6, 6.07) is 6.00. The van der Waals surface area contributed by atoms with Crippen molar-refractivity contribution >= 4 is 17.0 Å². The zero-order valence-corrected chi connectivity index (χ0v) is 6.26. The van der Waals surface area contributed by atoms with E-state index in [0.29, 0.717) is 5.95 Å². The second-order valence-corrected chi connectivity index (χ2v) is 2.64. The Labute approximate surface area is 64.2 Å². The molecule has 2 aromatic rings. The topological polar surface area (TPSA) is 54.7 Å². The van der Waals surface area contributed by atoms with Crippen molar-refractivity contribution in [1.29, 1.82) is 0 Å². The van der Waals surface area contributed by atoms with Crippen LogP contribution >= 0.6 is 0 Å². The molecule has 56 valence electrons. The van der Waals surface area contributed by atoms with Gasteiger partial charge in [-0.1, -0.05) is 6.07 Å². The number of aromatic nitrogens is 2. The lowest BCUT2D eigenvalue weighted by Crippen LogP contribution is -1.84. The lowest BCUT2D eigenvalue weighted by molar-refractivity contribution is 1.35. The number of nitrogens with two attached hydrogens (primary N) is 1. The second kappa shape index (κ2) is 1.99. The highest BCUT2D eigenvalue weighted by Gasteiger charge is 1.97. The summed E-state index contributed by atoms with van der Waals surface area (Å²) >= 11 is 0. The smallest absolute Gasteiger partial charge is 0.198 e. The van der Waals surface area contributed by atoms with E-state index < -0.39 is 0 Å². The van der Waals surface area contributed by atoms with Crippen molar-refractivity contribution in [2.45, 2.75) is 6.92 Å². The first kappa shape index (κ1) is 6.22. The fourth-order valence-corrected chi connectivity index (χ4v) is 1.14. The van der Waals surface area contributed by atoms with Gasteiger partial charge in [-0.3, -0.25) is 0 Å². The van der Waals surface area contributed by atoms with Gasteiger partial charge in [0.25, 0.3) is 0 Å². The quantitative estimate of drug-likeness (QED) is 0.592. The van der Waals surface area contributed by atoms with Crippen LogP contribution in [0.4, 0.5) is 5.95 Å². The number of hydrogen-bond donors (Lipinski definition) is 2. The Balaban J connectivity index is 2.82. The third-order valence-electron chi connectivity index (χ3n) is 1.66. The molecule has 0 unspecified atom stereocenters. The molecule has 0 aliphatic rings. The molecule has 0 saturated heterocycles. The van der Waals surface area contributed by atoms with Gasteiger partial charge in [0.1, 0.15) is 0 Å². The van der Waals surface area contributed by atoms with Gasteiger partial charge in [-0.25, -0.2) is 4.98 Å². The zero-order valence-electron chi connectivity index (χ0n) is 6.26. The van der Waals surface area contributed by atoms with Crippen molar-refractivity contribution in [1.82, 2.24) is 9.97 Å². The summed E-state index contributed by atoms with van der Waals surface area (Å²) in [7, 11) is 0. The Morgan fingerprint density at radius 2 is 2.27 bits per heavy atom. The van der Waals surface area contributed by atoms with Crippen LogP contribution in [0.5, 0.6) is 0 Å². The molecule has 1 heterocycles. The van der Waals surface area contributed by atoms with E-state index in [1.807, 2.05) is 25.1 Å². The Morgan fingerprint density at radius 1 is 1.45 bits per heavy atom. The Kier molecular flexibility index (Phi) is 1.12. The number of hydrogen-bond acceptors (Lipinski definition) is 2. The van der Waals surface area contributed by atoms with Crippen LogP contribution in [0.15, 0.2) is 18.2 Å². The number of nitrogens with zero attached hydrogens (tertiary/aromatic N) is 1. The van der Waals surface area contributed by atoms with Crippen molar-refractivity contribution in [3.8, 4) is 0 Å². The number of anilines is 1. The van der Waals surface area contributed by atoms with Crippen molar-refractivity contribution in [2.75, 3.05) is 5.73 Å². The maximum absolute atomic E-state index is 5.47. The number of nitrogen functional groups attached to an aromatic ring is 1. The average Bonchev–Trinajstić information content (AvgIpc) is 2.27. The maximum atomic E-state index is 5.47. The highest BCUT2D eigenvalue weighted by molar-refractivity contribution is 5.77. The van der Waals surface area contributed by atoms with Gasteiger partial charge in [0.15, 0.2) is 5.95 Å². The van der Waals surface area contributed by atoms with Gasteiger partial charge >= 0.3 is 0 Å². The number of H-pyrrole nitrogens is 1. The van der Waals surface area contributed by atoms with Crippen LogP contribution in [-0.2, 0) is 0 Å². The predicted molar refractivity (Wildman–Crippen MR) is 45.2 cm³/mol. The van der Waals surface area contributed by atoms with Gasteiger partial charge in [0.05, 0.1) is 11.0 Å². The van der Waals surface area contributed by atoms with Gasteiger partial charge in [0, 0.05) is 0 Å². The number of aryl methyl sites for hydroxylation is 1. The molecule has 0 aliphatic heterocycles. The van der Waals surface area contributed by atoms with Crippen LogP contribution in [0.3, 0.4) is 0 Å². The molecule has 0 amide bonds. The Hall–Kier alpha value is -1.51. The summed E-state index contributed by atoms with van der Waals surface area (Å²) in [6.45, 7) is 2.04. The lowest BCUT2D eigenvalue weighted by atomic mass is 10.2. The molecule has 0 aliphatic carbocycles. The van der Waals surface area contributed by atoms with Crippen LogP contribution in [0.25, 0.3) is 11.0 Å². The minimum absolute atomic E-state index is 0.477. The van der Waals surface area contributed by atoms with Gasteiger partial charge in [-0.05, 0) is 24.6 Å². The first-order valence-electron chi connectivity index (χ1n) is 3.47. The molecule has 3 nitrogen and oxygen atoms in total. The van der Waals surface area contributed by atoms with Gasteiger partial charge in [-0.15, -0.1) is 0 Å². The normalized spacial score (nSPS) is 10.6. The predicted octanol–water partition coefficient (Wildman–Crippen LogP) is 1.45. The number of aromatic amines is 1. The summed E-state index contributed by atoms with van der Waals surface area (Å²) in [6.07, 6.45) is 0. The molecule has 0 bridgehead atoms. The Morgan fingerprint density at radius 3 is 3.09 bits per heavy atom. The van der Waals surface area contributed by atoms with E-state index in [2.05, 4.69) is 9.97 Å². The molecule has 3 heteroatoms. The number of rotatable bonds is 0. The summed E-state index contributed by atoms with van der Waals surface area (Å²) in [5.41, 5.74) is 8.61. The summed E-state index contributed by atoms with van der Waals surface area (Å²) in [5.74, 6) is 0.477. The molecule has 2 rings (SSSR count). The standard InChI is InChI=1S/C8H9N3/c1-5-2-3-6-7(4-5)11-8(9)10-6/h2-4H,1H3,(H3,9,10,11). The molecule has 0 radical (unpaired) electrons. The molecule has 0 fully saturated rings. The van der Waals surface area contributed by atoms with E-state index in [9.17, 15) is 0 Å². The molecular formula is C8H9N3. The molecule has 0 atom stereocenters. The van der Waals surface area contributed by atoms with E-state index in [1.165, 1.54) is 5.56 Å². The maximum Gasteiger partial charge on any atom is 0.198 e. The van der Waals surface area contributed by atoms with E-state index >= 15 is 0 Å². The van der Waals surface area contributed by atoms with Crippen LogP contribution in [0.1, 0.15) is 5.56 Å². The van der Waals surface area contributed by atoms with Crippen LogP contribution < -0.4 is 5.73 Å².